The molecule has 0 unspecified atom stereocenters. The van der Waals surface area contributed by atoms with Crippen molar-refractivity contribution in [2.45, 2.75) is 25.8 Å². The van der Waals surface area contributed by atoms with Gasteiger partial charge in [0.15, 0.2) is 0 Å². The lowest BCUT2D eigenvalue weighted by molar-refractivity contribution is -0.121. The Morgan fingerprint density at radius 1 is 1.09 bits per heavy atom. The van der Waals surface area contributed by atoms with Crippen LogP contribution in [0, 0.1) is 11.6 Å². The summed E-state index contributed by atoms with van der Waals surface area (Å²) in [6, 6.07) is 12.8. The lowest BCUT2D eigenvalue weighted by atomic mass is 10.1. The number of amides is 1. The quantitative estimate of drug-likeness (QED) is 0.426. The summed E-state index contributed by atoms with van der Waals surface area (Å²) in [6.45, 7) is 0.620. The molecule has 1 N–H and O–H groups in total. The number of nitrogens with zero attached hydrogens (tertiary/aromatic N) is 3. The van der Waals surface area contributed by atoms with Gasteiger partial charge in [-0.3, -0.25) is 14.2 Å². The van der Waals surface area contributed by atoms with Crippen molar-refractivity contribution in [3.8, 4) is 11.3 Å². The summed E-state index contributed by atoms with van der Waals surface area (Å²) in [4.78, 5) is 29.1. The van der Waals surface area contributed by atoms with E-state index >= 15 is 0 Å². The summed E-state index contributed by atoms with van der Waals surface area (Å²) in [6.07, 6.45) is 3.00. The first-order valence-corrected chi connectivity index (χ1v) is 10.1. The van der Waals surface area contributed by atoms with Crippen molar-refractivity contribution < 1.29 is 18.1 Å². The van der Waals surface area contributed by atoms with Gasteiger partial charge in [-0.1, -0.05) is 35.5 Å². The maximum Gasteiger partial charge on any atom is 0.266 e. The minimum absolute atomic E-state index is 0.000712. The third-order valence-electron chi connectivity index (χ3n) is 4.99. The van der Waals surface area contributed by atoms with Gasteiger partial charge in [0.25, 0.3) is 11.3 Å². The van der Waals surface area contributed by atoms with E-state index in [1.165, 1.54) is 16.5 Å². The van der Waals surface area contributed by atoms with Gasteiger partial charge in [-0.2, -0.15) is 0 Å². The van der Waals surface area contributed by atoms with Crippen LogP contribution in [0.1, 0.15) is 18.4 Å². The van der Waals surface area contributed by atoms with E-state index in [1.807, 2.05) is 30.3 Å². The molecule has 2 aromatic heterocycles. The molecule has 0 saturated heterocycles. The average Bonchev–Trinajstić information content (AvgIpc) is 3.21. The number of fused-ring (bicyclic) bond motifs is 1. The van der Waals surface area contributed by atoms with Gasteiger partial charge in [0.1, 0.15) is 29.0 Å². The van der Waals surface area contributed by atoms with Gasteiger partial charge in [-0.05, 0) is 30.5 Å². The molecule has 0 radical (unpaired) electrons. The Bertz CT molecular complexity index is 1280. The second-order valence-corrected chi connectivity index (χ2v) is 7.30. The normalized spacial score (nSPS) is 11.1. The molecular formula is C23H20F2N4O3. The van der Waals surface area contributed by atoms with Crippen LogP contribution in [0.5, 0.6) is 0 Å². The zero-order chi connectivity index (χ0) is 22.5. The number of carbonyl (C=O) groups excluding carboxylic acids is 1. The fourth-order valence-corrected chi connectivity index (χ4v) is 3.40. The Kier molecular flexibility index (Phi) is 6.34. The Balaban J connectivity index is 1.41. The van der Waals surface area contributed by atoms with Crippen LogP contribution in [-0.4, -0.2) is 27.2 Å². The SMILES string of the molecule is O=C(CCn1cnc2onc(-c3cc(F)cc(F)c3)c2c1=O)NCCCc1ccccc1. The van der Waals surface area contributed by atoms with Crippen molar-refractivity contribution in [1.82, 2.24) is 20.0 Å². The standard InChI is InChI=1S/C23H20F2N4O3/c24-17-11-16(12-18(25)13-17)21-20-22(32-28-21)27-14-29(23(20)31)10-8-19(30)26-9-4-7-15-5-2-1-3-6-15/h1-3,5-6,11-14H,4,7-10H2,(H,26,30). The van der Waals surface area contributed by atoms with Crippen LogP contribution in [0.4, 0.5) is 8.78 Å². The van der Waals surface area contributed by atoms with Gasteiger partial charge in [0.2, 0.25) is 5.91 Å². The van der Waals surface area contributed by atoms with Gasteiger partial charge < -0.3 is 9.84 Å². The van der Waals surface area contributed by atoms with Crippen molar-refractivity contribution in [2.75, 3.05) is 6.54 Å². The van der Waals surface area contributed by atoms with Gasteiger partial charge >= 0.3 is 0 Å². The highest BCUT2D eigenvalue weighted by Gasteiger charge is 2.18. The first-order chi connectivity index (χ1) is 15.5. The molecule has 2 aromatic carbocycles. The zero-order valence-electron chi connectivity index (χ0n) is 17.1. The number of aryl methyl sites for hydroxylation is 2. The van der Waals surface area contributed by atoms with E-state index in [1.54, 1.807) is 0 Å². The molecule has 32 heavy (non-hydrogen) atoms. The third-order valence-corrected chi connectivity index (χ3v) is 4.99. The molecule has 2 heterocycles. The molecule has 0 bridgehead atoms. The van der Waals surface area contributed by atoms with Crippen LogP contribution >= 0.6 is 0 Å². The van der Waals surface area contributed by atoms with E-state index in [0.29, 0.717) is 6.54 Å². The fraction of sp³-hybridized carbons (Fsp3) is 0.217. The molecule has 0 aliphatic heterocycles. The summed E-state index contributed by atoms with van der Waals surface area (Å²) in [5.41, 5.74) is 0.712. The highest BCUT2D eigenvalue weighted by atomic mass is 19.1. The van der Waals surface area contributed by atoms with Gasteiger partial charge in [0.05, 0.1) is 0 Å². The fourth-order valence-electron chi connectivity index (χ4n) is 3.40. The van der Waals surface area contributed by atoms with Crippen molar-refractivity contribution in [3.63, 3.8) is 0 Å². The summed E-state index contributed by atoms with van der Waals surface area (Å²) >= 11 is 0. The Hall–Kier alpha value is -3.88. The lowest BCUT2D eigenvalue weighted by Crippen LogP contribution is -2.28. The molecule has 4 aromatic rings. The minimum Gasteiger partial charge on any atom is -0.356 e. The number of carbonyl (C=O) groups is 1. The molecule has 9 heteroatoms. The monoisotopic (exact) mass is 438 g/mol. The molecular weight excluding hydrogens is 418 g/mol. The number of halogens is 2. The number of hydrogen-bond donors (Lipinski definition) is 1. The second kappa shape index (κ2) is 9.51. The summed E-state index contributed by atoms with van der Waals surface area (Å²) in [5, 5.41) is 6.59. The van der Waals surface area contributed by atoms with Crippen molar-refractivity contribution in [2.24, 2.45) is 0 Å². The van der Waals surface area contributed by atoms with Crippen LogP contribution in [-0.2, 0) is 17.8 Å². The lowest BCUT2D eigenvalue weighted by Gasteiger charge is -2.07. The van der Waals surface area contributed by atoms with E-state index in [2.05, 4.69) is 15.5 Å². The van der Waals surface area contributed by atoms with Crippen LogP contribution in [0.3, 0.4) is 0 Å². The Morgan fingerprint density at radius 2 is 1.84 bits per heavy atom. The van der Waals surface area contributed by atoms with Crippen molar-refractivity contribution >= 4 is 17.0 Å². The second-order valence-electron chi connectivity index (χ2n) is 7.30. The molecule has 0 aliphatic carbocycles. The molecule has 1 amide bonds. The van der Waals surface area contributed by atoms with E-state index < -0.39 is 17.2 Å². The molecule has 0 aliphatic rings. The maximum absolute atomic E-state index is 13.6. The molecule has 0 spiro atoms. The third kappa shape index (κ3) is 4.88. The first-order valence-electron chi connectivity index (χ1n) is 10.1. The summed E-state index contributed by atoms with van der Waals surface area (Å²) in [5.74, 6) is -1.79. The van der Waals surface area contributed by atoms with Gasteiger partial charge in [-0.25, -0.2) is 13.8 Å². The Labute approximate surface area is 181 Å². The van der Waals surface area contributed by atoms with Crippen molar-refractivity contribution in [1.29, 1.82) is 0 Å². The first kappa shape index (κ1) is 21.4. The highest BCUT2D eigenvalue weighted by Crippen LogP contribution is 2.25. The molecule has 7 nitrogen and oxygen atoms in total. The molecule has 0 fully saturated rings. The number of benzene rings is 2. The number of rotatable bonds is 8. The summed E-state index contributed by atoms with van der Waals surface area (Å²) in [7, 11) is 0. The minimum atomic E-state index is -0.802. The number of aromatic nitrogens is 3. The summed E-state index contributed by atoms with van der Waals surface area (Å²) < 4.78 is 33.5. The van der Waals surface area contributed by atoms with Gasteiger partial charge in [0, 0.05) is 31.1 Å². The average molecular weight is 438 g/mol. The van der Waals surface area contributed by atoms with Crippen molar-refractivity contribution in [3.05, 3.63) is 82.4 Å². The van der Waals surface area contributed by atoms with E-state index in [0.717, 1.165) is 31.0 Å². The maximum atomic E-state index is 13.6. The van der Waals surface area contributed by atoms with Crippen LogP contribution in [0.2, 0.25) is 0 Å². The topological polar surface area (TPSA) is 90.0 Å². The zero-order valence-corrected chi connectivity index (χ0v) is 17.1. The smallest absolute Gasteiger partial charge is 0.266 e. The van der Waals surface area contributed by atoms with E-state index in [9.17, 15) is 18.4 Å². The molecule has 0 atom stereocenters. The Morgan fingerprint density at radius 3 is 2.59 bits per heavy atom. The number of nitrogens with one attached hydrogen (secondary N) is 1. The number of hydrogen-bond acceptors (Lipinski definition) is 5. The highest BCUT2D eigenvalue weighted by molar-refractivity contribution is 5.88. The van der Waals surface area contributed by atoms with Crippen LogP contribution in [0.15, 0.2) is 64.2 Å². The van der Waals surface area contributed by atoms with E-state index in [-0.39, 0.29) is 41.2 Å². The van der Waals surface area contributed by atoms with Crippen LogP contribution < -0.4 is 10.9 Å². The van der Waals surface area contributed by atoms with Gasteiger partial charge in [-0.15, -0.1) is 0 Å². The van der Waals surface area contributed by atoms with E-state index in [4.69, 9.17) is 4.52 Å². The predicted octanol–water partition coefficient (Wildman–Crippen LogP) is 3.47. The largest absolute Gasteiger partial charge is 0.356 e. The molecule has 0 saturated carbocycles. The molecule has 4 rings (SSSR count). The molecule has 164 valence electrons. The van der Waals surface area contributed by atoms with Crippen LogP contribution in [0.25, 0.3) is 22.4 Å². The predicted molar refractivity (Wildman–Crippen MR) is 114 cm³/mol.